The molecule has 2 aromatic carbocycles. The first-order valence-corrected chi connectivity index (χ1v) is 6.11. The van der Waals surface area contributed by atoms with Crippen LogP contribution in [-0.2, 0) is 5.33 Å². The van der Waals surface area contributed by atoms with Crippen LogP contribution in [0.3, 0.4) is 0 Å². The Labute approximate surface area is 103 Å². The molecule has 2 aromatic rings. The van der Waals surface area contributed by atoms with E-state index < -0.39 is 0 Å². The van der Waals surface area contributed by atoms with Crippen molar-refractivity contribution in [3.63, 3.8) is 0 Å². The fourth-order valence-electron chi connectivity index (χ4n) is 1.65. The fraction of sp³-hybridized carbons (Fsp3) is 0.0714. The standard InChI is InChI=1S/C14H10BrN/c15-9-11-4-3-6-12(8-11)14-7-2-1-5-13(14)10-16/h1-8H,9H2. The Morgan fingerprint density at radius 2 is 1.88 bits per heavy atom. The van der Waals surface area contributed by atoms with Crippen molar-refractivity contribution in [2.24, 2.45) is 0 Å². The van der Waals surface area contributed by atoms with Gasteiger partial charge >= 0.3 is 0 Å². The molecule has 0 atom stereocenters. The van der Waals surface area contributed by atoms with Gasteiger partial charge in [-0.25, -0.2) is 0 Å². The molecule has 0 amide bonds. The van der Waals surface area contributed by atoms with E-state index in [0.717, 1.165) is 16.5 Å². The lowest BCUT2D eigenvalue weighted by molar-refractivity contribution is 1.42. The van der Waals surface area contributed by atoms with Crippen molar-refractivity contribution in [1.82, 2.24) is 0 Å². The van der Waals surface area contributed by atoms with E-state index in [-0.39, 0.29) is 0 Å². The summed E-state index contributed by atoms with van der Waals surface area (Å²) >= 11 is 3.43. The molecule has 0 heterocycles. The highest BCUT2D eigenvalue weighted by molar-refractivity contribution is 9.08. The summed E-state index contributed by atoms with van der Waals surface area (Å²) in [6.45, 7) is 0. The van der Waals surface area contributed by atoms with E-state index in [1.807, 2.05) is 36.4 Å². The molecule has 78 valence electrons. The highest BCUT2D eigenvalue weighted by Crippen LogP contribution is 2.24. The van der Waals surface area contributed by atoms with Crippen LogP contribution in [0.1, 0.15) is 11.1 Å². The number of halogens is 1. The monoisotopic (exact) mass is 271 g/mol. The third-order valence-corrected chi connectivity index (χ3v) is 3.09. The second kappa shape index (κ2) is 4.96. The minimum Gasteiger partial charge on any atom is -0.192 e. The quantitative estimate of drug-likeness (QED) is 0.754. The van der Waals surface area contributed by atoms with Crippen LogP contribution in [-0.4, -0.2) is 0 Å². The highest BCUT2D eigenvalue weighted by atomic mass is 79.9. The van der Waals surface area contributed by atoms with E-state index >= 15 is 0 Å². The van der Waals surface area contributed by atoms with Crippen molar-refractivity contribution in [1.29, 1.82) is 5.26 Å². The number of benzene rings is 2. The van der Waals surface area contributed by atoms with Crippen LogP contribution in [0.25, 0.3) is 11.1 Å². The molecule has 0 spiro atoms. The van der Waals surface area contributed by atoms with Crippen LogP contribution in [0.2, 0.25) is 0 Å². The predicted molar refractivity (Wildman–Crippen MR) is 69.2 cm³/mol. The Bertz CT molecular complexity index is 540. The van der Waals surface area contributed by atoms with Gasteiger partial charge in [-0.05, 0) is 22.8 Å². The van der Waals surface area contributed by atoms with Gasteiger partial charge in [0.25, 0.3) is 0 Å². The maximum Gasteiger partial charge on any atom is 0.0998 e. The Hall–Kier alpha value is -1.59. The highest BCUT2D eigenvalue weighted by Gasteiger charge is 2.03. The molecule has 0 aliphatic heterocycles. The fourth-order valence-corrected chi connectivity index (χ4v) is 2.00. The van der Waals surface area contributed by atoms with Gasteiger partial charge in [-0.2, -0.15) is 5.26 Å². The smallest absolute Gasteiger partial charge is 0.0998 e. The van der Waals surface area contributed by atoms with Crippen LogP contribution in [0.5, 0.6) is 0 Å². The molecule has 0 bridgehead atoms. The van der Waals surface area contributed by atoms with Gasteiger partial charge in [-0.3, -0.25) is 0 Å². The molecular formula is C14H10BrN. The van der Waals surface area contributed by atoms with Gasteiger partial charge in [0.1, 0.15) is 0 Å². The van der Waals surface area contributed by atoms with Crippen molar-refractivity contribution in [2.45, 2.75) is 5.33 Å². The summed E-state index contributed by atoms with van der Waals surface area (Å²) in [6, 6.07) is 18.1. The van der Waals surface area contributed by atoms with Crippen LogP contribution >= 0.6 is 15.9 Å². The average molecular weight is 272 g/mol. The molecule has 0 saturated heterocycles. The van der Waals surface area contributed by atoms with Crippen molar-refractivity contribution in [2.75, 3.05) is 0 Å². The molecule has 1 nitrogen and oxygen atoms in total. The van der Waals surface area contributed by atoms with E-state index in [1.54, 1.807) is 0 Å². The molecule has 0 unspecified atom stereocenters. The zero-order valence-corrected chi connectivity index (χ0v) is 10.2. The number of hydrogen-bond acceptors (Lipinski definition) is 1. The van der Waals surface area contributed by atoms with E-state index in [4.69, 9.17) is 5.26 Å². The van der Waals surface area contributed by atoms with Gasteiger partial charge < -0.3 is 0 Å². The lowest BCUT2D eigenvalue weighted by atomic mass is 9.99. The molecule has 2 heteroatoms. The molecule has 0 aliphatic rings. The molecule has 0 aromatic heterocycles. The van der Waals surface area contributed by atoms with Crippen LogP contribution in [0, 0.1) is 11.3 Å². The molecule has 2 rings (SSSR count). The van der Waals surface area contributed by atoms with Crippen molar-refractivity contribution in [3.05, 3.63) is 59.7 Å². The minimum absolute atomic E-state index is 0.717. The maximum atomic E-state index is 9.05. The second-order valence-corrected chi connectivity index (χ2v) is 4.05. The molecular weight excluding hydrogens is 262 g/mol. The topological polar surface area (TPSA) is 23.8 Å². The summed E-state index contributed by atoms with van der Waals surface area (Å²) in [7, 11) is 0. The Morgan fingerprint density at radius 3 is 2.62 bits per heavy atom. The van der Waals surface area contributed by atoms with Crippen molar-refractivity contribution < 1.29 is 0 Å². The predicted octanol–water partition coefficient (Wildman–Crippen LogP) is 4.12. The van der Waals surface area contributed by atoms with E-state index in [2.05, 4.69) is 34.1 Å². The maximum absolute atomic E-state index is 9.05. The molecule has 0 saturated carbocycles. The molecule has 0 fully saturated rings. The molecule has 0 N–H and O–H groups in total. The van der Waals surface area contributed by atoms with Crippen LogP contribution in [0.4, 0.5) is 0 Å². The van der Waals surface area contributed by atoms with E-state index in [1.165, 1.54) is 5.56 Å². The number of hydrogen-bond donors (Lipinski definition) is 0. The first-order valence-electron chi connectivity index (χ1n) is 4.99. The molecule has 0 radical (unpaired) electrons. The van der Waals surface area contributed by atoms with Crippen molar-refractivity contribution >= 4 is 15.9 Å². The third kappa shape index (κ3) is 2.15. The van der Waals surface area contributed by atoms with E-state index in [9.17, 15) is 0 Å². The summed E-state index contributed by atoms with van der Waals surface area (Å²) in [4.78, 5) is 0. The number of rotatable bonds is 2. The zero-order valence-electron chi connectivity index (χ0n) is 8.65. The first kappa shape index (κ1) is 10.9. The summed E-state index contributed by atoms with van der Waals surface area (Å²) in [6.07, 6.45) is 0. The Morgan fingerprint density at radius 1 is 1.06 bits per heavy atom. The first-order chi connectivity index (χ1) is 7.85. The summed E-state index contributed by atoms with van der Waals surface area (Å²) < 4.78 is 0. The van der Waals surface area contributed by atoms with Gasteiger partial charge in [-0.1, -0.05) is 58.4 Å². The van der Waals surface area contributed by atoms with Gasteiger partial charge in [0, 0.05) is 5.33 Å². The van der Waals surface area contributed by atoms with Gasteiger partial charge in [0.2, 0.25) is 0 Å². The van der Waals surface area contributed by atoms with E-state index in [0.29, 0.717) is 5.56 Å². The number of nitrogens with zero attached hydrogens (tertiary/aromatic N) is 1. The van der Waals surface area contributed by atoms with Crippen LogP contribution in [0.15, 0.2) is 48.5 Å². The van der Waals surface area contributed by atoms with Gasteiger partial charge in [-0.15, -0.1) is 0 Å². The summed E-state index contributed by atoms with van der Waals surface area (Å²) in [5.41, 5.74) is 4.02. The number of alkyl halides is 1. The molecule has 0 aliphatic carbocycles. The third-order valence-electron chi connectivity index (χ3n) is 2.44. The second-order valence-electron chi connectivity index (χ2n) is 3.49. The Kier molecular flexibility index (Phi) is 3.38. The normalized spacial score (nSPS) is 9.75. The molecule has 16 heavy (non-hydrogen) atoms. The van der Waals surface area contributed by atoms with Gasteiger partial charge in [0.15, 0.2) is 0 Å². The lowest BCUT2D eigenvalue weighted by Gasteiger charge is -2.05. The van der Waals surface area contributed by atoms with Crippen LogP contribution < -0.4 is 0 Å². The number of nitriles is 1. The van der Waals surface area contributed by atoms with Crippen molar-refractivity contribution in [3.8, 4) is 17.2 Å². The average Bonchev–Trinajstić information content (AvgIpc) is 2.38. The SMILES string of the molecule is N#Cc1ccccc1-c1cccc(CBr)c1. The zero-order chi connectivity index (χ0) is 11.4. The Balaban J connectivity index is 2.55. The largest absolute Gasteiger partial charge is 0.192 e. The van der Waals surface area contributed by atoms with Gasteiger partial charge in [0.05, 0.1) is 11.6 Å². The summed E-state index contributed by atoms with van der Waals surface area (Å²) in [5.74, 6) is 0. The lowest BCUT2D eigenvalue weighted by Crippen LogP contribution is -1.85. The minimum atomic E-state index is 0.717. The summed E-state index contributed by atoms with van der Waals surface area (Å²) in [5, 5.41) is 9.88.